The number of nitrogen functional groups attached to an aromatic ring is 1. The van der Waals surface area contributed by atoms with Gasteiger partial charge in [0.25, 0.3) is 0 Å². The highest BCUT2D eigenvalue weighted by atomic mass is 14.9. The first-order valence-corrected chi connectivity index (χ1v) is 6.20. The number of piperidine rings is 1. The van der Waals surface area contributed by atoms with Crippen molar-refractivity contribution < 1.29 is 0 Å². The van der Waals surface area contributed by atoms with Gasteiger partial charge in [-0.05, 0) is 50.2 Å². The molecule has 2 aromatic rings. The van der Waals surface area contributed by atoms with Crippen molar-refractivity contribution in [3.63, 3.8) is 0 Å². The molecule has 0 aliphatic carbocycles. The molecular weight excluding hydrogens is 210 g/mol. The van der Waals surface area contributed by atoms with Crippen LogP contribution in [0, 0.1) is 0 Å². The second-order valence-electron chi connectivity index (χ2n) is 4.67. The number of rotatable bonds is 1. The average molecular weight is 227 g/mol. The minimum Gasteiger partial charge on any atom is -0.398 e. The van der Waals surface area contributed by atoms with Gasteiger partial charge in [0.05, 0.1) is 5.52 Å². The Labute approximate surface area is 101 Å². The van der Waals surface area contributed by atoms with Gasteiger partial charge < -0.3 is 11.1 Å². The van der Waals surface area contributed by atoms with Crippen molar-refractivity contribution in [3.05, 3.63) is 36.0 Å². The second-order valence-corrected chi connectivity index (χ2v) is 4.67. The number of hydrogen-bond donors (Lipinski definition) is 2. The fourth-order valence-corrected chi connectivity index (χ4v) is 2.54. The lowest BCUT2D eigenvalue weighted by molar-refractivity contribution is 0.454. The SMILES string of the molecule is Nc1cccc2nc(C3CCNCC3)ccc12. The molecular formula is C14H17N3. The first-order chi connectivity index (χ1) is 8.34. The number of pyridine rings is 1. The van der Waals surface area contributed by atoms with Gasteiger partial charge in [-0.1, -0.05) is 6.07 Å². The van der Waals surface area contributed by atoms with Gasteiger partial charge in [0.15, 0.2) is 0 Å². The van der Waals surface area contributed by atoms with Gasteiger partial charge in [-0.2, -0.15) is 0 Å². The number of nitrogens with one attached hydrogen (secondary N) is 1. The summed E-state index contributed by atoms with van der Waals surface area (Å²) in [7, 11) is 0. The molecule has 3 nitrogen and oxygen atoms in total. The number of nitrogens with zero attached hydrogens (tertiary/aromatic N) is 1. The van der Waals surface area contributed by atoms with E-state index in [0.29, 0.717) is 5.92 Å². The van der Waals surface area contributed by atoms with E-state index in [2.05, 4.69) is 17.4 Å². The smallest absolute Gasteiger partial charge is 0.0726 e. The number of fused-ring (bicyclic) bond motifs is 1. The van der Waals surface area contributed by atoms with Gasteiger partial charge in [0.1, 0.15) is 0 Å². The maximum atomic E-state index is 5.93. The molecule has 1 fully saturated rings. The average Bonchev–Trinajstić information content (AvgIpc) is 2.40. The first-order valence-electron chi connectivity index (χ1n) is 6.20. The molecule has 3 heteroatoms. The Kier molecular flexibility index (Phi) is 2.69. The summed E-state index contributed by atoms with van der Waals surface area (Å²) in [4.78, 5) is 4.75. The van der Waals surface area contributed by atoms with E-state index in [-0.39, 0.29) is 0 Å². The summed E-state index contributed by atoms with van der Waals surface area (Å²) in [6.07, 6.45) is 2.36. The highest BCUT2D eigenvalue weighted by Crippen LogP contribution is 2.27. The molecule has 0 radical (unpaired) electrons. The standard InChI is InChI=1S/C14H17N3/c15-12-2-1-3-14-11(12)4-5-13(17-14)10-6-8-16-9-7-10/h1-5,10,16H,6-9,15H2. The molecule has 0 amide bonds. The van der Waals surface area contributed by atoms with Crippen molar-refractivity contribution >= 4 is 16.6 Å². The summed E-state index contributed by atoms with van der Waals surface area (Å²) < 4.78 is 0. The van der Waals surface area contributed by atoms with Crippen LogP contribution in [0.4, 0.5) is 5.69 Å². The lowest BCUT2D eigenvalue weighted by Crippen LogP contribution is -2.27. The number of benzene rings is 1. The Hall–Kier alpha value is -1.61. The molecule has 3 rings (SSSR count). The van der Waals surface area contributed by atoms with E-state index in [1.165, 1.54) is 18.5 Å². The molecule has 2 heterocycles. The fraction of sp³-hybridized carbons (Fsp3) is 0.357. The van der Waals surface area contributed by atoms with Crippen LogP contribution in [0.15, 0.2) is 30.3 Å². The monoisotopic (exact) mass is 227 g/mol. The predicted molar refractivity (Wildman–Crippen MR) is 71.0 cm³/mol. The molecule has 3 N–H and O–H groups in total. The molecule has 1 aliphatic heterocycles. The largest absolute Gasteiger partial charge is 0.398 e. The summed E-state index contributed by atoms with van der Waals surface area (Å²) in [5, 5.41) is 4.44. The van der Waals surface area contributed by atoms with Crippen LogP contribution in [-0.4, -0.2) is 18.1 Å². The van der Waals surface area contributed by atoms with Crippen molar-refractivity contribution in [2.45, 2.75) is 18.8 Å². The summed E-state index contributed by atoms with van der Waals surface area (Å²) in [6, 6.07) is 10.2. The highest BCUT2D eigenvalue weighted by Gasteiger charge is 2.16. The third kappa shape index (κ3) is 1.98. The molecule has 1 aromatic heterocycles. The molecule has 1 aromatic carbocycles. The van der Waals surface area contributed by atoms with Crippen molar-refractivity contribution in [2.24, 2.45) is 0 Å². The molecule has 88 valence electrons. The Bertz CT molecular complexity index is 530. The first kappa shape index (κ1) is 10.5. The third-order valence-electron chi connectivity index (χ3n) is 3.54. The molecule has 0 unspecified atom stereocenters. The van der Waals surface area contributed by atoms with Crippen LogP contribution in [0.25, 0.3) is 10.9 Å². The lowest BCUT2D eigenvalue weighted by Gasteiger charge is -2.22. The molecule has 17 heavy (non-hydrogen) atoms. The molecule has 0 bridgehead atoms. The summed E-state index contributed by atoms with van der Waals surface area (Å²) in [5.41, 5.74) is 8.97. The third-order valence-corrected chi connectivity index (χ3v) is 3.54. The predicted octanol–water partition coefficient (Wildman–Crippen LogP) is 2.28. The molecule has 0 saturated carbocycles. The van der Waals surface area contributed by atoms with E-state index < -0.39 is 0 Å². The van der Waals surface area contributed by atoms with Crippen LogP contribution in [0.3, 0.4) is 0 Å². The number of anilines is 1. The second kappa shape index (κ2) is 4.34. The van der Waals surface area contributed by atoms with Gasteiger partial charge in [-0.3, -0.25) is 4.98 Å². The van der Waals surface area contributed by atoms with Crippen molar-refractivity contribution in [1.82, 2.24) is 10.3 Å². The van der Waals surface area contributed by atoms with Gasteiger partial charge in [-0.15, -0.1) is 0 Å². The fourth-order valence-electron chi connectivity index (χ4n) is 2.54. The van der Waals surface area contributed by atoms with Crippen molar-refractivity contribution in [1.29, 1.82) is 0 Å². The van der Waals surface area contributed by atoms with Gasteiger partial charge in [-0.25, -0.2) is 0 Å². The Morgan fingerprint density at radius 3 is 2.76 bits per heavy atom. The molecule has 0 atom stereocenters. The molecule has 1 saturated heterocycles. The van der Waals surface area contributed by atoms with E-state index in [1.807, 2.05) is 18.2 Å². The highest BCUT2D eigenvalue weighted by molar-refractivity contribution is 5.90. The zero-order valence-electron chi connectivity index (χ0n) is 9.82. The molecule has 0 spiro atoms. The van der Waals surface area contributed by atoms with E-state index in [9.17, 15) is 0 Å². The minimum absolute atomic E-state index is 0.599. The van der Waals surface area contributed by atoms with Gasteiger partial charge >= 0.3 is 0 Å². The zero-order chi connectivity index (χ0) is 11.7. The quantitative estimate of drug-likeness (QED) is 0.735. The zero-order valence-corrected chi connectivity index (χ0v) is 9.82. The maximum absolute atomic E-state index is 5.93. The van der Waals surface area contributed by atoms with Gasteiger partial charge in [0, 0.05) is 22.7 Å². The van der Waals surface area contributed by atoms with Crippen LogP contribution in [-0.2, 0) is 0 Å². The van der Waals surface area contributed by atoms with E-state index in [4.69, 9.17) is 10.7 Å². The summed E-state index contributed by atoms with van der Waals surface area (Å²) >= 11 is 0. The Balaban J connectivity index is 2.01. The van der Waals surface area contributed by atoms with E-state index in [0.717, 1.165) is 29.7 Å². The normalized spacial score (nSPS) is 17.4. The Morgan fingerprint density at radius 1 is 1.12 bits per heavy atom. The summed E-state index contributed by atoms with van der Waals surface area (Å²) in [6.45, 7) is 2.20. The summed E-state index contributed by atoms with van der Waals surface area (Å²) in [5.74, 6) is 0.599. The topological polar surface area (TPSA) is 50.9 Å². The van der Waals surface area contributed by atoms with Crippen molar-refractivity contribution in [3.8, 4) is 0 Å². The van der Waals surface area contributed by atoms with E-state index in [1.54, 1.807) is 0 Å². The van der Waals surface area contributed by atoms with Crippen molar-refractivity contribution in [2.75, 3.05) is 18.8 Å². The van der Waals surface area contributed by atoms with E-state index >= 15 is 0 Å². The van der Waals surface area contributed by atoms with Crippen LogP contribution in [0.2, 0.25) is 0 Å². The number of aromatic nitrogens is 1. The van der Waals surface area contributed by atoms with Crippen LogP contribution in [0.5, 0.6) is 0 Å². The van der Waals surface area contributed by atoms with Gasteiger partial charge in [0.2, 0.25) is 0 Å². The Morgan fingerprint density at radius 2 is 1.94 bits per heavy atom. The molecule has 1 aliphatic rings. The number of hydrogen-bond acceptors (Lipinski definition) is 3. The minimum atomic E-state index is 0.599. The van der Waals surface area contributed by atoms with Crippen LogP contribution in [0.1, 0.15) is 24.5 Å². The maximum Gasteiger partial charge on any atom is 0.0726 e. The van der Waals surface area contributed by atoms with Crippen LogP contribution >= 0.6 is 0 Å². The van der Waals surface area contributed by atoms with Crippen LogP contribution < -0.4 is 11.1 Å². The number of nitrogens with two attached hydrogens (primary N) is 1. The lowest BCUT2D eigenvalue weighted by atomic mass is 9.93.